The van der Waals surface area contributed by atoms with Gasteiger partial charge in [0.05, 0.1) is 22.2 Å². The van der Waals surface area contributed by atoms with E-state index in [-0.39, 0.29) is 24.9 Å². The van der Waals surface area contributed by atoms with Crippen molar-refractivity contribution in [2.45, 2.75) is 75.4 Å². The van der Waals surface area contributed by atoms with Crippen LogP contribution in [-0.2, 0) is 4.74 Å². The van der Waals surface area contributed by atoms with Gasteiger partial charge in [0, 0.05) is 62.5 Å². The predicted molar refractivity (Wildman–Crippen MR) is 140 cm³/mol. The summed E-state index contributed by atoms with van der Waals surface area (Å²) in [6.07, 6.45) is 6.76. The molecule has 1 aliphatic heterocycles. The third-order valence-corrected chi connectivity index (χ3v) is 8.12. The first kappa shape index (κ1) is 26.1. The van der Waals surface area contributed by atoms with Crippen molar-refractivity contribution in [1.29, 1.82) is 5.26 Å². The topological polar surface area (TPSA) is 94.9 Å². The third kappa shape index (κ3) is 6.49. The number of hydrogen-bond acceptors (Lipinski definition) is 7. The van der Waals surface area contributed by atoms with E-state index in [9.17, 15) is 14.0 Å². The normalized spacial score (nSPS) is 25.0. The zero-order valence-corrected chi connectivity index (χ0v) is 21.5. The van der Waals surface area contributed by atoms with Gasteiger partial charge in [0.15, 0.2) is 0 Å². The summed E-state index contributed by atoms with van der Waals surface area (Å²) in [5.74, 6) is -1.06. The summed E-state index contributed by atoms with van der Waals surface area (Å²) in [5.41, 5.74) is 1.06. The van der Waals surface area contributed by atoms with Crippen molar-refractivity contribution in [1.82, 2.24) is 15.3 Å². The summed E-state index contributed by atoms with van der Waals surface area (Å²) in [7, 11) is 0. The lowest BCUT2D eigenvalue weighted by Gasteiger charge is -2.40. The molecule has 0 radical (unpaired) electrons. The van der Waals surface area contributed by atoms with Gasteiger partial charge < -0.3 is 20.7 Å². The number of aromatic nitrogens is 2. The molecular formula is C27H33ClF2N6O. The lowest BCUT2D eigenvalue weighted by molar-refractivity contribution is -0.0954. The van der Waals surface area contributed by atoms with Gasteiger partial charge in [-0.2, -0.15) is 5.26 Å². The molecule has 0 atom stereocenters. The van der Waals surface area contributed by atoms with Crippen molar-refractivity contribution in [3.63, 3.8) is 0 Å². The van der Waals surface area contributed by atoms with Crippen LogP contribution < -0.4 is 16.0 Å². The van der Waals surface area contributed by atoms with Gasteiger partial charge in [-0.25, -0.2) is 18.7 Å². The van der Waals surface area contributed by atoms with Gasteiger partial charge in [0.2, 0.25) is 0 Å². The fourth-order valence-electron chi connectivity index (χ4n) is 5.47. The van der Waals surface area contributed by atoms with Crippen LogP contribution in [0.25, 0.3) is 11.3 Å². The number of alkyl halides is 2. The van der Waals surface area contributed by atoms with Crippen molar-refractivity contribution in [2.24, 2.45) is 5.41 Å². The fourth-order valence-corrected chi connectivity index (χ4v) is 5.67. The maximum atomic E-state index is 13.1. The second kappa shape index (κ2) is 11.1. The predicted octanol–water partition coefficient (Wildman–Crippen LogP) is 5.64. The fraction of sp³-hybridized carbons (Fsp3) is 0.593. The quantitative estimate of drug-likeness (QED) is 0.406. The number of ether oxygens (including phenoxy) is 1. The lowest BCUT2D eigenvalue weighted by Crippen LogP contribution is -2.52. The maximum absolute atomic E-state index is 13.1. The van der Waals surface area contributed by atoms with E-state index in [4.69, 9.17) is 21.3 Å². The lowest BCUT2D eigenvalue weighted by atomic mass is 9.82. The molecular weight excluding hydrogens is 498 g/mol. The number of nitrogens with one attached hydrogen (secondary N) is 3. The minimum Gasteiger partial charge on any atom is -0.381 e. The highest BCUT2D eigenvalue weighted by Crippen LogP contribution is 2.38. The Balaban J connectivity index is 1.18. The van der Waals surface area contributed by atoms with E-state index >= 15 is 0 Å². The number of halogens is 3. The first-order valence-electron chi connectivity index (χ1n) is 13.1. The Morgan fingerprint density at radius 3 is 2.49 bits per heavy atom. The van der Waals surface area contributed by atoms with E-state index in [1.54, 1.807) is 6.20 Å². The molecule has 10 heteroatoms. The Kier molecular flexibility index (Phi) is 7.80. The van der Waals surface area contributed by atoms with Crippen LogP contribution in [0.1, 0.15) is 51.4 Å². The molecule has 1 saturated heterocycles. The van der Waals surface area contributed by atoms with E-state index in [0.29, 0.717) is 49.5 Å². The minimum atomic E-state index is -2.48. The zero-order chi connectivity index (χ0) is 25.9. The number of hydrogen-bond donors (Lipinski definition) is 3. The first-order valence-corrected chi connectivity index (χ1v) is 13.5. The minimum absolute atomic E-state index is 0.0401. The Bertz CT molecular complexity index is 1120. The van der Waals surface area contributed by atoms with Gasteiger partial charge in [-0.15, -0.1) is 0 Å². The highest BCUT2D eigenvalue weighted by atomic mass is 35.5. The Hall–Kier alpha value is -2.54. The van der Waals surface area contributed by atoms with Gasteiger partial charge in [-0.1, -0.05) is 17.7 Å². The molecule has 3 aliphatic rings. The van der Waals surface area contributed by atoms with E-state index in [1.165, 1.54) is 0 Å². The van der Waals surface area contributed by atoms with Gasteiger partial charge in [0.1, 0.15) is 11.6 Å². The van der Waals surface area contributed by atoms with Crippen LogP contribution in [0.2, 0.25) is 5.02 Å². The molecule has 2 aromatic heterocycles. The molecule has 0 spiro atoms. The molecule has 7 nitrogen and oxygen atoms in total. The average molecular weight is 531 g/mol. The molecule has 0 amide bonds. The SMILES string of the molecule is N#CC1(CNc2cccc(-c3cc(NC4CCC(NC5CC(F)(F)C5)CC4)ncc3Cl)n2)CCOCC1. The highest BCUT2D eigenvalue weighted by molar-refractivity contribution is 6.33. The van der Waals surface area contributed by atoms with Crippen molar-refractivity contribution >= 4 is 23.2 Å². The summed E-state index contributed by atoms with van der Waals surface area (Å²) < 4.78 is 31.6. The number of nitriles is 1. The number of rotatable bonds is 8. The van der Waals surface area contributed by atoms with Crippen LogP contribution in [0.5, 0.6) is 0 Å². The smallest absolute Gasteiger partial charge is 0.251 e. The molecule has 2 saturated carbocycles. The van der Waals surface area contributed by atoms with E-state index in [0.717, 1.165) is 42.8 Å². The molecule has 3 N–H and O–H groups in total. The summed E-state index contributed by atoms with van der Waals surface area (Å²) >= 11 is 6.51. The molecule has 0 bridgehead atoms. The standard InChI is InChI=1S/C27H33ClF2N6O/c28-22-15-32-25(35-19-6-4-18(5-7-19)34-20-13-27(29,30)14-20)12-21(22)23-2-1-3-24(36-23)33-17-26(16-31)8-10-37-11-9-26/h1-3,12,15,18-20,34H,4-11,13-14,17H2,(H,32,35)(H,33,36). The number of pyridine rings is 2. The second-order valence-corrected chi connectivity index (χ2v) is 11.0. The van der Waals surface area contributed by atoms with Crippen molar-refractivity contribution in [2.75, 3.05) is 30.4 Å². The third-order valence-electron chi connectivity index (χ3n) is 7.82. The highest BCUT2D eigenvalue weighted by Gasteiger charge is 2.45. The average Bonchev–Trinajstić information content (AvgIpc) is 2.89. The van der Waals surface area contributed by atoms with Crippen molar-refractivity contribution in [3.8, 4) is 17.3 Å². The molecule has 2 aromatic rings. The molecule has 0 aromatic carbocycles. The van der Waals surface area contributed by atoms with Crippen LogP contribution in [-0.4, -0.2) is 53.8 Å². The molecule has 0 unspecified atom stereocenters. The Morgan fingerprint density at radius 2 is 1.78 bits per heavy atom. The number of nitrogens with zero attached hydrogens (tertiary/aromatic N) is 3. The van der Waals surface area contributed by atoms with Crippen LogP contribution in [0.15, 0.2) is 30.5 Å². The van der Waals surface area contributed by atoms with Gasteiger partial charge in [-0.05, 0) is 56.7 Å². The summed E-state index contributed by atoms with van der Waals surface area (Å²) in [6, 6.07) is 10.6. The molecule has 3 heterocycles. The monoisotopic (exact) mass is 530 g/mol. The molecule has 5 rings (SSSR count). The molecule has 3 fully saturated rings. The van der Waals surface area contributed by atoms with Crippen LogP contribution in [0.3, 0.4) is 0 Å². The van der Waals surface area contributed by atoms with Gasteiger partial charge in [-0.3, -0.25) is 0 Å². The molecule has 37 heavy (non-hydrogen) atoms. The van der Waals surface area contributed by atoms with E-state index < -0.39 is 11.3 Å². The number of anilines is 2. The van der Waals surface area contributed by atoms with E-state index in [2.05, 4.69) is 27.0 Å². The van der Waals surface area contributed by atoms with Gasteiger partial charge in [0.25, 0.3) is 5.92 Å². The molecule has 2 aliphatic carbocycles. The summed E-state index contributed by atoms with van der Waals surface area (Å²) in [5, 5.41) is 20.5. The Morgan fingerprint density at radius 1 is 1.05 bits per heavy atom. The first-order chi connectivity index (χ1) is 17.8. The maximum Gasteiger partial charge on any atom is 0.251 e. The van der Waals surface area contributed by atoms with Gasteiger partial charge >= 0.3 is 0 Å². The largest absolute Gasteiger partial charge is 0.381 e. The van der Waals surface area contributed by atoms with E-state index in [1.807, 2.05) is 24.3 Å². The summed E-state index contributed by atoms with van der Waals surface area (Å²) in [4.78, 5) is 9.22. The molecule has 198 valence electrons. The Labute approximate surface area is 221 Å². The van der Waals surface area contributed by atoms with Crippen LogP contribution in [0.4, 0.5) is 20.4 Å². The van der Waals surface area contributed by atoms with Crippen LogP contribution in [0, 0.1) is 16.7 Å². The van der Waals surface area contributed by atoms with Crippen molar-refractivity contribution < 1.29 is 13.5 Å². The summed E-state index contributed by atoms with van der Waals surface area (Å²) in [6.45, 7) is 1.71. The van der Waals surface area contributed by atoms with Crippen molar-refractivity contribution in [3.05, 3.63) is 35.5 Å². The second-order valence-electron chi connectivity index (χ2n) is 10.6. The van der Waals surface area contributed by atoms with Crippen LogP contribution >= 0.6 is 11.6 Å². The zero-order valence-electron chi connectivity index (χ0n) is 20.8.